The summed E-state index contributed by atoms with van der Waals surface area (Å²) < 4.78 is 0.000579. The molecule has 2 N–H and O–H groups in total. The summed E-state index contributed by atoms with van der Waals surface area (Å²) in [6.07, 6.45) is 0.290. The molecule has 4 heteroatoms. The number of nitrogens with one attached hydrogen (secondary N) is 1. The smallest absolute Gasteiger partial charge is 0.304 e. The maximum Gasteiger partial charge on any atom is 0.304 e. The van der Waals surface area contributed by atoms with Gasteiger partial charge in [0, 0.05) is 13.1 Å². The van der Waals surface area contributed by atoms with E-state index in [1.165, 1.54) is 0 Å². The van der Waals surface area contributed by atoms with E-state index in [1.54, 1.807) is 11.8 Å². The summed E-state index contributed by atoms with van der Waals surface area (Å²) in [7, 11) is 0. The molecule has 64 valence electrons. The number of carboxylic acids is 1. The van der Waals surface area contributed by atoms with Gasteiger partial charge in [0.2, 0.25) is 0 Å². The van der Waals surface area contributed by atoms with E-state index >= 15 is 0 Å². The molecule has 0 spiro atoms. The summed E-state index contributed by atoms with van der Waals surface area (Å²) in [5.41, 5.74) is 0. The number of hydrogen-bond acceptors (Lipinski definition) is 3. The van der Waals surface area contributed by atoms with Crippen molar-refractivity contribution < 1.29 is 9.90 Å². The molecular formula is C7H13NO2S. The molecule has 1 saturated heterocycles. The molecule has 1 rings (SSSR count). The molecule has 0 bridgehead atoms. The van der Waals surface area contributed by atoms with Crippen LogP contribution in [0.2, 0.25) is 0 Å². The Balaban J connectivity index is 2.39. The van der Waals surface area contributed by atoms with E-state index in [0.29, 0.717) is 6.42 Å². The average molecular weight is 175 g/mol. The van der Waals surface area contributed by atoms with Crippen LogP contribution in [-0.4, -0.2) is 34.7 Å². The molecule has 1 fully saturated rings. The predicted octanol–water partition coefficient (Wildman–Crippen LogP) is 0.556. The fraction of sp³-hybridized carbons (Fsp3) is 0.857. The molecule has 1 heterocycles. The van der Waals surface area contributed by atoms with Crippen LogP contribution in [0.25, 0.3) is 0 Å². The van der Waals surface area contributed by atoms with E-state index in [1.807, 2.05) is 0 Å². The zero-order valence-electron chi connectivity index (χ0n) is 6.59. The van der Waals surface area contributed by atoms with Gasteiger partial charge in [-0.15, -0.1) is 0 Å². The lowest BCUT2D eigenvalue weighted by Gasteiger charge is -2.40. The van der Waals surface area contributed by atoms with Crippen molar-refractivity contribution in [1.29, 1.82) is 0 Å². The zero-order chi connectivity index (χ0) is 8.32. The highest BCUT2D eigenvalue weighted by Gasteiger charge is 2.38. The van der Waals surface area contributed by atoms with Crippen LogP contribution >= 0.6 is 11.8 Å². The molecule has 1 aliphatic rings. The molecule has 0 saturated carbocycles. The molecule has 0 aliphatic carbocycles. The SMILES string of the molecule is CCSC1(CC(=O)O)CNC1. The highest BCUT2D eigenvalue weighted by Crippen LogP contribution is 2.32. The summed E-state index contributed by atoms with van der Waals surface area (Å²) in [6, 6.07) is 0. The van der Waals surface area contributed by atoms with Crippen molar-refractivity contribution in [3.63, 3.8) is 0 Å². The Hall–Kier alpha value is -0.220. The van der Waals surface area contributed by atoms with Crippen molar-refractivity contribution in [1.82, 2.24) is 5.32 Å². The van der Waals surface area contributed by atoms with E-state index in [0.717, 1.165) is 18.8 Å². The Morgan fingerprint density at radius 2 is 2.36 bits per heavy atom. The van der Waals surface area contributed by atoms with Crippen LogP contribution in [0.15, 0.2) is 0 Å². The third-order valence-corrected chi connectivity index (χ3v) is 3.15. The largest absolute Gasteiger partial charge is 0.481 e. The number of carboxylic acid groups (broad SMARTS) is 1. The van der Waals surface area contributed by atoms with Gasteiger partial charge in [-0.05, 0) is 5.75 Å². The van der Waals surface area contributed by atoms with Crippen LogP contribution in [0.3, 0.4) is 0 Å². The van der Waals surface area contributed by atoms with Crippen LogP contribution in [0.1, 0.15) is 13.3 Å². The normalized spacial score (nSPS) is 20.8. The minimum atomic E-state index is -0.688. The van der Waals surface area contributed by atoms with Gasteiger partial charge in [0.25, 0.3) is 0 Å². The first-order valence-corrected chi connectivity index (χ1v) is 4.73. The number of carbonyl (C=O) groups is 1. The lowest BCUT2D eigenvalue weighted by Crippen LogP contribution is -2.58. The summed E-state index contributed by atoms with van der Waals surface area (Å²) >= 11 is 1.75. The quantitative estimate of drug-likeness (QED) is 0.655. The van der Waals surface area contributed by atoms with E-state index < -0.39 is 5.97 Å². The van der Waals surface area contributed by atoms with Gasteiger partial charge in [0.05, 0.1) is 11.2 Å². The van der Waals surface area contributed by atoms with Gasteiger partial charge in [0.1, 0.15) is 0 Å². The van der Waals surface area contributed by atoms with Crippen LogP contribution in [0.5, 0.6) is 0 Å². The van der Waals surface area contributed by atoms with Crippen molar-refractivity contribution in [2.45, 2.75) is 18.1 Å². The van der Waals surface area contributed by atoms with Crippen LogP contribution in [-0.2, 0) is 4.79 Å². The van der Waals surface area contributed by atoms with Crippen LogP contribution in [0.4, 0.5) is 0 Å². The summed E-state index contributed by atoms with van der Waals surface area (Å²) in [4.78, 5) is 10.4. The number of thioether (sulfide) groups is 1. The topological polar surface area (TPSA) is 49.3 Å². The number of rotatable bonds is 4. The van der Waals surface area contributed by atoms with Gasteiger partial charge in [0.15, 0.2) is 0 Å². The molecule has 0 unspecified atom stereocenters. The Labute approximate surface area is 70.6 Å². The molecule has 0 aromatic heterocycles. The maximum atomic E-state index is 10.4. The van der Waals surface area contributed by atoms with Gasteiger partial charge in [-0.1, -0.05) is 6.92 Å². The van der Waals surface area contributed by atoms with Gasteiger partial charge in [-0.2, -0.15) is 11.8 Å². The summed E-state index contributed by atoms with van der Waals surface area (Å²) in [6.45, 7) is 3.75. The Kier molecular flexibility index (Phi) is 2.78. The molecule has 0 aromatic carbocycles. The monoisotopic (exact) mass is 175 g/mol. The van der Waals surface area contributed by atoms with Crippen molar-refractivity contribution in [3.8, 4) is 0 Å². The highest BCUT2D eigenvalue weighted by atomic mass is 32.2. The average Bonchev–Trinajstić information content (AvgIpc) is 1.82. The van der Waals surface area contributed by atoms with Gasteiger partial charge >= 0.3 is 5.97 Å². The maximum absolute atomic E-state index is 10.4. The van der Waals surface area contributed by atoms with E-state index in [4.69, 9.17) is 5.11 Å². The zero-order valence-corrected chi connectivity index (χ0v) is 7.41. The number of hydrogen-bond donors (Lipinski definition) is 2. The van der Waals surface area contributed by atoms with Crippen molar-refractivity contribution in [2.75, 3.05) is 18.8 Å². The molecule has 3 nitrogen and oxygen atoms in total. The molecule has 0 atom stereocenters. The number of aliphatic carboxylic acids is 1. The minimum Gasteiger partial charge on any atom is -0.481 e. The minimum absolute atomic E-state index is 0.000579. The molecule has 0 amide bonds. The van der Waals surface area contributed by atoms with Gasteiger partial charge in [-0.25, -0.2) is 0 Å². The van der Waals surface area contributed by atoms with E-state index in [-0.39, 0.29) is 4.75 Å². The third-order valence-electron chi connectivity index (χ3n) is 1.82. The second-order valence-electron chi connectivity index (χ2n) is 2.79. The fourth-order valence-electron chi connectivity index (χ4n) is 1.26. The summed E-state index contributed by atoms with van der Waals surface area (Å²) in [5.74, 6) is 0.307. The molecule has 11 heavy (non-hydrogen) atoms. The Morgan fingerprint density at radius 1 is 1.73 bits per heavy atom. The van der Waals surface area contributed by atoms with Gasteiger partial charge < -0.3 is 10.4 Å². The van der Waals surface area contributed by atoms with Crippen LogP contribution < -0.4 is 5.32 Å². The predicted molar refractivity (Wildman–Crippen MR) is 46.0 cm³/mol. The van der Waals surface area contributed by atoms with Crippen molar-refractivity contribution in [3.05, 3.63) is 0 Å². The first kappa shape index (κ1) is 8.87. The van der Waals surface area contributed by atoms with E-state index in [9.17, 15) is 4.79 Å². The Bertz CT molecular complexity index is 157. The molecule has 0 radical (unpaired) electrons. The summed E-state index contributed by atoms with van der Waals surface area (Å²) in [5, 5.41) is 11.7. The fourth-order valence-corrected chi connectivity index (χ4v) is 2.51. The highest BCUT2D eigenvalue weighted by molar-refractivity contribution is 8.00. The molecule has 1 aliphatic heterocycles. The lowest BCUT2D eigenvalue weighted by atomic mass is 9.98. The Morgan fingerprint density at radius 3 is 2.64 bits per heavy atom. The van der Waals surface area contributed by atoms with Crippen molar-refractivity contribution in [2.24, 2.45) is 0 Å². The second kappa shape index (κ2) is 3.45. The van der Waals surface area contributed by atoms with Crippen molar-refractivity contribution >= 4 is 17.7 Å². The first-order valence-electron chi connectivity index (χ1n) is 3.75. The van der Waals surface area contributed by atoms with Gasteiger partial charge in [-0.3, -0.25) is 4.79 Å². The molecule has 0 aromatic rings. The standard InChI is InChI=1S/C7H13NO2S/c1-2-11-7(3-6(9)10)4-8-5-7/h8H,2-5H2,1H3,(H,9,10). The lowest BCUT2D eigenvalue weighted by molar-refractivity contribution is -0.137. The third kappa shape index (κ3) is 2.10. The molecular weight excluding hydrogens is 162 g/mol. The van der Waals surface area contributed by atoms with E-state index in [2.05, 4.69) is 12.2 Å². The first-order chi connectivity index (χ1) is 5.18. The van der Waals surface area contributed by atoms with Crippen LogP contribution in [0, 0.1) is 0 Å². The second-order valence-corrected chi connectivity index (χ2v) is 4.52.